The summed E-state index contributed by atoms with van der Waals surface area (Å²) >= 11 is 0. The molecule has 0 bridgehead atoms. The number of rotatable bonds is 12. The van der Waals surface area contributed by atoms with Gasteiger partial charge in [0.25, 0.3) is 11.8 Å². The van der Waals surface area contributed by atoms with Gasteiger partial charge in [-0.15, -0.1) is 0 Å². The fraction of sp³-hybridized carbons (Fsp3) is 0.517. The van der Waals surface area contributed by atoms with Gasteiger partial charge in [0.15, 0.2) is 0 Å². The SMILES string of the molecule is CCCCCCOc1ccc(C2(C)CC(c3ccn(C(C)C)c3)=C(C(=O)NS(=O)(=O)C3CC3)C(=O)N2)cc1. The number of unbranched alkanes of at least 4 members (excludes halogenated alkanes) is 3. The van der Waals surface area contributed by atoms with E-state index in [-0.39, 0.29) is 11.6 Å². The molecule has 1 aromatic heterocycles. The molecule has 2 N–H and O–H groups in total. The summed E-state index contributed by atoms with van der Waals surface area (Å²) in [6.07, 6.45) is 9.70. The molecule has 1 aliphatic heterocycles. The number of nitrogens with zero attached hydrogens (tertiary/aromatic N) is 1. The van der Waals surface area contributed by atoms with Gasteiger partial charge in [0.2, 0.25) is 10.0 Å². The Bertz CT molecular complexity index is 1310. The molecule has 1 saturated carbocycles. The highest BCUT2D eigenvalue weighted by atomic mass is 32.2. The van der Waals surface area contributed by atoms with Crippen LogP contribution in [0.15, 0.2) is 48.3 Å². The second-order valence-corrected chi connectivity index (χ2v) is 12.8. The Morgan fingerprint density at radius 1 is 1.16 bits per heavy atom. The van der Waals surface area contributed by atoms with E-state index in [1.54, 1.807) is 0 Å². The number of benzene rings is 1. The lowest BCUT2D eigenvalue weighted by Gasteiger charge is -2.37. The molecule has 9 heteroatoms. The normalized spacial score (nSPS) is 20.0. The first kappa shape index (κ1) is 28.0. The fourth-order valence-corrected chi connectivity index (χ4v) is 6.07. The summed E-state index contributed by atoms with van der Waals surface area (Å²) in [6, 6.07) is 9.72. The Hall–Kier alpha value is -3.07. The van der Waals surface area contributed by atoms with Crippen LogP contribution in [0.5, 0.6) is 5.75 Å². The average molecular weight is 542 g/mol. The largest absolute Gasteiger partial charge is 0.494 e. The molecule has 1 aliphatic carbocycles. The number of aromatic nitrogens is 1. The minimum atomic E-state index is -3.80. The Morgan fingerprint density at radius 3 is 2.47 bits per heavy atom. The van der Waals surface area contributed by atoms with Crippen molar-refractivity contribution in [3.05, 3.63) is 59.4 Å². The summed E-state index contributed by atoms with van der Waals surface area (Å²) in [5, 5.41) is 2.42. The van der Waals surface area contributed by atoms with Gasteiger partial charge in [0, 0.05) is 24.9 Å². The van der Waals surface area contributed by atoms with Crippen LogP contribution in [0.2, 0.25) is 0 Å². The lowest BCUT2D eigenvalue weighted by molar-refractivity contribution is -0.124. The lowest BCUT2D eigenvalue weighted by atomic mass is 9.78. The number of ether oxygens (including phenoxy) is 1. The maximum Gasteiger partial charge on any atom is 0.270 e. The number of carbonyl (C=O) groups is 2. The molecular weight excluding hydrogens is 502 g/mol. The highest BCUT2D eigenvalue weighted by molar-refractivity contribution is 7.91. The van der Waals surface area contributed by atoms with E-state index in [0.717, 1.165) is 29.7 Å². The van der Waals surface area contributed by atoms with Gasteiger partial charge >= 0.3 is 0 Å². The first-order valence-electron chi connectivity index (χ1n) is 13.6. The predicted molar refractivity (Wildman–Crippen MR) is 148 cm³/mol. The van der Waals surface area contributed by atoms with Crippen molar-refractivity contribution in [1.82, 2.24) is 14.6 Å². The van der Waals surface area contributed by atoms with Crippen LogP contribution >= 0.6 is 0 Å². The predicted octanol–water partition coefficient (Wildman–Crippen LogP) is 4.83. The van der Waals surface area contributed by atoms with Crippen molar-refractivity contribution < 1.29 is 22.7 Å². The molecular formula is C29H39N3O5S. The van der Waals surface area contributed by atoms with E-state index in [1.807, 2.05) is 68.1 Å². The topological polar surface area (TPSA) is 106 Å². The molecule has 0 saturated heterocycles. The molecule has 1 aromatic carbocycles. The average Bonchev–Trinajstić information content (AvgIpc) is 3.61. The molecule has 1 fully saturated rings. The highest BCUT2D eigenvalue weighted by Gasteiger charge is 2.43. The van der Waals surface area contributed by atoms with Gasteiger partial charge in [-0.3, -0.25) is 9.59 Å². The highest BCUT2D eigenvalue weighted by Crippen LogP contribution is 2.39. The van der Waals surface area contributed by atoms with E-state index in [9.17, 15) is 18.0 Å². The zero-order valence-corrected chi connectivity index (χ0v) is 23.6. The minimum absolute atomic E-state index is 0.153. The van der Waals surface area contributed by atoms with Crippen LogP contribution in [-0.4, -0.2) is 36.7 Å². The van der Waals surface area contributed by atoms with E-state index < -0.39 is 32.6 Å². The summed E-state index contributed by atoms with van der Waals surface area (Å²) in [5.74, 6) is -0.701. The quantitative estimate of drug-likeness (QED) is 0.296. The van der Waals surface area contributed by atoms with Gasteiger partial charge < -0.3 is 14.6 Å². The van der Waals surface area contributed by atoms with Crippen LogP contribution in [0.3, 0.4) is 0 Å². The number of sulfonamides is 1. The van der Waals surface area contributed by atoms with Crippen molar-refractivity contribution in [1.29, 1.82) is 0 Å². The minimum Gasteiger partial charge on any atom is -0.494 e. The van der Waals surface area contributed by atoms with Gasteiger partial charge in [-0.05, 0) is 74.9 Å². The Labute approximate surface area is 225 Å². The van der Waals surface area contributed by atoms with E-state index >= 15 is 0 Å². The number of nitrogens with one attached hydrogen (secondary N) is 2. The van der Waals surface area contributed by atoms with Crippen molar-refractivity contribution >= 4 is 27.4 Å². The first-order valence-corrected chi connectivity index (χ1v) is 15.1. The monoisotopic (exact) mass is 541 g/mol. The third kappa shape index (κ3) is 6.31. The molecule has 2 amide bonds. The van der Waals surface area contributed by atoms with Crippen molar-refractivity contribution in [2.75, 3.05) is 6.61 Å². The van der Waals surface area contributed by atoms with E-state index in [4.69, 9.17) is 4.74 Å². The van der Waals surface area contributed by atoms with Crippen molar-refractivity contribution in [3.8, 4) is 5.75 Å². The van der Waals surface area contributed by atoms with Crippen LogP contribution < -0.4 is 14.8 Å². The zero-order valence-electron chi connectivity index (χ0n) is 22.7. The summed E-state index contributed by atoms with van der Waals surface area (Å²) in [5.41, 5.74) is 1.16. The number of hydrogen-bond donors (Lipinski definition) is 2. The van der Waals surface area contributed by atoms with E-state index in [0.29, 0.717) is 31.4 Å². The third-order valence-electron chi connectivity index (χ3n) is 7.29. The summed E-state index contributed by atoms with van der Waals surface area (Å²) < 4.78 is 35.0. The van der Waals surface area contributed by atoms with Crippen LogP contribution in [0.25, 0.3) is 5.57 Å². The van der Waals surface area contributed by atoms with Crippen LogP contribution in [-0.2, 0) is 25.2 Å². The second-order valence-electron chi connectivity index (χ2n) is 10.9. The number of carbonyl (C=O) groups excluding carboxylic acids is 2. The maximum atomic E-state index is 13.5. The molecule has 8 nitrogen and oxygen atoms in total. The van der Waals surface area contributed by atoms with E-state index in [2.05, 4.69) is 17.0 Å². The molecule has 2 heterocycles. The van der Waals surface area contributed by atoms with Crippen LogP contribution in [0, 0.1) is 0 Å². The molecule has 2 aromatic rings. The Morgan fingerprint density at radius 2 is 1.87 bits per heavy atom. The van der Waals surface area contributed by atoms with Crippen LogP contribution in [0.1, 0.15) is 89.8 Å². The number of amides is 2. The van der Waals surface area contributed by atoms with Crippen molar-refractivity contribution in [2.24, 2.45) is 0 Å². The second kappa shape index (κ2) is 11.4. The Kier molecular flexibility index (Phi) is 8.35. The van der Waals surface area contributed by atoms with E-state index in [1.165, 1.54) is 12.8 Å². The molecule has 4 rings (SSSR count). The van der Waals surface area contributed by atoms with Gasteiger partial charge in [-0.2, -0.15) is 0 Å². The maximum absolute atomic E-state index is 13.5. The third-order valence-corrected chi connectivity index (χ3v) is 9.11. The summed E-state index contributed by atoms with van der Waals surface area (Å²) in [7, 11) is -3.80. The van der Waals surface area contributed by atoms with Crippen molar-refractivity contribution in [2.45, 2.75) is 89.5 Å². The fourth-order valence-electron chi connectivity index (χ4n) is 4.79. The smallest absolute Gasteiger partial charge is 0.270 e. The van der Waals surface area contributed by atoms with Crippen LogP contribution in [0.4, 0.5) is 0 Å². The first-order chi connectivity index (χ1) is 18.0. The molecule has 1 unspecified atom stereocenters. The van der Waals surface area contributed by atoms with Gasteiger partial charge in [-0.1, -0.05) is 38.3 Å². The molecule has 0 radical (unpaired) electrons. The summed E-state index contributed by atoms with van der Waals surface area (Å²) in [4.78, 5) is 26.7. The standard InChI is InChI=1S/C29H39N3O5S/c1-5-6-7-8-17-37-23-11-9-22(10-12-23)29(4)18-25(21-15-16-32(19-21)20(2)3)26(27(33)30-29)28(34)31-38(35,36)24-13-14-24/h9-12,15-16,19-20,24H,5-8,13-14,17-18H2,1-4H3,(H,30,33)(H,31,34). The zero-order chi connectivity index (χ0) is 27.5. The van der Waals surface area contributed by atoms with Crippen molar-refractivity contribution in [3.63, 3.8) is 0 Å². The molecule has 38 heavy (non-hydrogen) atoms. The van der Waals surface area contributed by atoms with Gasteiger partial charge in [0.05, 0.1) is 17.4 Å². The molecule has 0 spiro atoms. The van der Waals surface area contributed by atoms with Gasteiger partial charge in [0.1, 0.15) is 11.3 Å². The lowest BCUT2D eigenvalue weighted by Crippen LogP contribution is -2.50. The molecule has 2 aliphatic rings. The van der Waals surface area contributed by atoms with Gasteiger partial charge in [-0.25, -0.2) is 13.1 Å². The molecule has 206 valence electrons. The summed E-state index contributed by atoms with van der Waals surface area (Å²) in [6.45, 7) is 8.84. The Balaban J connectivity index is 1.62. The molecule has 1 atom stereocenters. The number of hydrogen-bond acceptors (Lipinski definition) is 5.